The van der Waals surface area contributed by atoms with Crippen molar-refractivity contribution in [3.05, 3.63) is 35.4 Å². The summed E-state index contributed by atoms with van der Waals surface area (Å²) in [4.78, 5) is 0. The Hall–Kier alpha value is -1.48. The van der Waals surface area contributed by atoms with Crippen LogP contribution < -0.4 is 5.32 Å². The summed E-state index contributed by atoms with van der Waals surface area (Å²) in [7, 11) is 0. The normalized spacial score (nSPS) is 12.2. The molecule has 3 heteroatoms. The van der Waals surface area contributed by atoms with Gasteiger partial charge in [0.15, 0.2) is 0 Å². The van der Waals surface area contributed by atoms with E-state index in [0.717, 1.165) is 6.54 Å². The molecular formula is C13H19NO2. The largest absolute Gasteiger partial charge is 0.507 e. The number of phenols is 2. The zero-order valence-corrected chi connectivity index (χ0v) is 9.99. The minimum atomic E-state index is -0.0863. The SMILES string of the molecule is CC(C)=CCNC(C)c1c(O)cccc1O. The van der Waals surface area contributed by atoms with Crippen LogP contribution in [-0.4, -0.2) is 16.8 Å². The van der Waals surface area contributed by atoms with Crippen molar-refractivity contribution in [1.29, 1.82) is 0 Å². The van der Waals surface area contributed by atoms with Gasteiger partial charge < -0.3 is 15.5 Å². The number of hydrogen-bond donors (Lipinski definition) is 3. The van der Waals surface area contributed by atoms with Crippen LogP contribution in [0, 0.1) is 0 Å². The summed E-state index contributed by atoms with van der Waals surface area (Å²) in [6.07, 6.45) is 2.06. The fraction of sp³-hybridized carbons (Fsp3) is 0.385. The molecule has 0 amide bonds. The minimum Gasteiger partial charge on any atom is -0.507 e. The van der Waals surface area contributed by atoms with Crippen LogP contribution in [0.3, 0.4) is 0 Å². The molecule has 0 aliphatic rings. The predicted molar refractivity (Wildman–Crippen MR) is 65.6 cm³/mol. The molecule has 0 aromatic heterocycles. The summed E-state index contributed by atoms with van der Waals surface area (Å²) < 4.78 is 0. The predicted octanol–water partition coefficient (Wildman–Crippen LogP) is 2.71. The topological polar surface area (TPSA) is 52.5 Å². The Morgan fingerprint density at radius 3 is 2.38 bits per heavy atom. The molecule has 0 heterocycles. The Morgan fingerprint density at radius 2 is 1.88 bits per heavy atom. The Balaban J connectivity index is 2.73. The molecule has 1 unspecified atom stereocenters. The van der Waals surface area contributed by atoms with Gasteiger partial charge in [-0.2, -0.15) is 0 Å². The van der Waals surface area contributed by atoms with Crippen molar-refractivity contribution >= 4 is 0 Å². The summed E-state index contributed by atoms with van der Waals surface area (Å²) in [6.45, 7) is 6.69. The first-order valence-corrected chi connectivity index (χ1v) is 5.40. The molecule has 1 aromatic carbocycles. The van der Waals surface area contributed by atoms with Crippen LogP contribution in [0.5, 0.6) is 11.5 Å². The lowest BCUT2D eigenvalue weighted by molar-refractivity contribution is 0.422. The van der Waals surface area contributed by atoms with Crippen LogP contribution in [-0.2, 0) is 0 Å². The smallest absolute Gasteiger partial charge is 0.124 e. The van der Waals surface area contributed by atoms with E-state index in [1.165, 1.54) is 5.57 Å². The summed E-state index contributed by atoms with van der Waals surface area (Å²) in [6, 6.07) is 4.69. The van der Waals surface area contributed by atoms with E-state index < -0.39 is 0 Å². The van der Waals surface area contributed by atoms with Gasteiger partial charge in [0.2, 0.25) is 0 Å². The van der Waals surface area contributed by atoms with Crippen LogP contribution in [0.15, 0.2) is 29.8 Å². The van der Waals surface area contributed by atoms with Gasteiger partial charge in [-0.05, 0) is 32.9 Å². The monoisotopic (exact) mass is 221 g/mol. The van der Waals surface area contributed by atoms with E-state index in [2.05, 4.69) is 11.4 Å². The molecule has 3 N–H and O–H groups in total. The van der Waals surface area contributed by atoms with Crippen molar-refractivity contribution in [2.75, 3.05) is 6.54 Å². The maximum absolute atomic E-state index is 9.65. The molecule has 3 nitrogen and oxygen atoms in total. The number of benzene rings is 1. The highest BCUT2D eigenvalue weighted by atomic mass is 16.3. The Kier molecular flexibility index (Phi) is 4.38. The quantitative estimate of drug-likeness (QED) is 0.685. The van der Waals surface area contributed by atoms with E-state index >= 15 is 0 Å². The third kappa shape index (κ3) is 3.28. The molecule has 0 saturated heterocycles. The minimum absolute atomic E-state index is 0.0863. The average molecular weight is 221 g/mol. The lowest BCUT2D eigenvalue weighted by atomic mass is 10.1. The van der Waals surface area contributed by atoms with E-state index in [-0.39, 0.29) is 17.5 Å². The number of aromatic hydroxyl groups is 2. The summed E-state index contributed by atoms with van der Waals surface area (Å²) >= 11 is 0. The number of hydrogen-bond acceptors (Lipinski definition) is 3. The van der Waals surface area contributed by atoms with Gasteiger partial charge in [0.1, 0.15) is 11.5 Å². The Labute approximate surface area is 96.4 Å². The first-order valence-electron chi connectivity index (χ1n) is 5.40. The second-order valence-corrected chi connectivity index (χ2v) is 4.12. The molecule has 1 aromatic rings. The van der Waals surface area contributed by atoms with Crippen molar-refractivity contribution in [3.8, 4) is 11.5 Å². The molecule has 0 aliphatic carbocycles. The number of phenolic OH excluding ortho intramolecular Hbond substituents is 2. The maximum atomic E-state index is 9.65. The van der Waals surface area contributed by atoms with E-state index in [1.54, 1.807) is 18.2 Å². The van der Waals surface area contributed by atoms with Crippen LogP contribution >= 0.6 is 0 Å². The molecule has 1 rings (SSSR count). The van der Waals surface area contributed by atoms with Crippen molar-refractivity contribution in [2.45, 2.75) is 26.8 Å². The lowest BCUT2D eigenvalue weighted by Gasteiger charge is -2.15. The number of rotatable bonds is 4. The molecule has 0 bridgehead atoms. The first kappa shape index (κ1) is 12.6. The molecule has 0 fully saturated rings. The van der Waals surface area contributed by atoms with Crippen molar-refractivity contribution in [1.82, 2.24) is 5.32 Å². The van der Waals surface area contributed by atoms with Gasteiger partial charge in [-0.15, -0.1) is 0 Å². The Morgan fingerprint density at radius 1 is 1.31 bits per heavy atom. The second kappa shape index (κ2) is 5.56. The van der Waals surface area contributed by atoms with E-state index in [1.807, 2.05) is 20.8 Å². The molecule has 16 heavy (non-hydrogen) atoms. The highest BCUT2D eigenvalue weighted by Crippen LogP contribution is 2.31. The highest BCUT2D eigenvalue weighted by Gasteiger charge is 2.13. The first-order chi connectivity index (χ1) is 7.52. The van der Waals surface area contributed by atoms with E-state index in [0.29, 0.717) is 5.56 Å². The third-order valence-electron chi connectivity index (χ3n) is 2.43. The average Bonchev–Trinajstić information content (AvgIpc) is 2.16. The molecule has 0 aliphatic heterocycles. The van der Waals surface area contributed by atoms with Gasteiger partial charge in [-0.25, -0.2) is 0 Å². The van der Waals surface area contributed by atoms with Gasteiger partial charge in [-0.1, -0.05) is 17.7 Å². The van der Waals surface area contributed by atoms with Crippen LogP contribution in [0.1, 0.15) is 32.4 Å². The van der Waals surface area contributed by atoms with Gasteiger partial charge >= 0.3 is 0 Å². The maximum Gasteiger partial charge on any atom is 0.124 e. The molecule has 0 spiro atoms. The van der Waals surface area contributed by atoms with Crippen molar-refractivity contribution < 1.29 is 10.2 Å². The summed E-state index contributed by atoms with van der Waals surface area (Å²) in [5.41, 5.74) is 1.78. The fourth-order valence-corrected chi connectivity index (χ4v) is 1.53. The zero-order valence-electron chi connectivity index (χ0n) is 9.99. The van der Waals surface area contributed by atoms with Crippen molar-refractivity contribution in [2.24, 2.45) is 0 Å². The van der Waals surface area contributed by atoms with Gasteiger partial charge in [-0.3, -0.25) is 0 Å². The van der Waals surface area contributed by atoms with Crippen LogP contribution in [0.25, 0.3) is 0 Å². The molecule has 88 valence electrons. The fourth-order valence-electron chi connectivity index (χ4n) is 1.53. The highest BCUT2D eigenvalue weighted by molar-refractivity contribution is 5.44. The Bertz CT molecular complexity index is 361. The van der Waals surface area contributed by atoms with Crippen molar-refractivity contribution in [3.63, 3.8) is 0 Å². The number of allylic oxidation sites excluding steroid dienone is 1. The number of nitrogens with one attached hydrogen (secondary N) is 1. The summed E-state index contributed by atoms with van der Waals surface area (Å²) in [5.74, 6) is 0.245. The second-order valence-electron chi connectivity index (χ2n) is 4.12. The van der Waals surface area contributed by atoms with E-state index in [4.69, 9.17) is 0 Å². The van der Waals surface area contributed by atoms with E-state index in [9.17, 15) is 10.2 Å². The van der Waals surface area contributed by atoms with Gasteiger partial charge in [0, 0.05) is 12.6 Å². The standard InChI is InChI=1S/C13H19NO2/c1-9(2)7-8-14-10(3)13-11(15)5-4-6-12(13)16/h4-7,10,14-16H,8H2,1-3H3. The molecule has 1 atom stereocenters. The lowest BCUT2D eigenvalue weighted by Crippen LogP contribution is -2.18. The third-order valence-corrected chi connectivity index (χ3v) is 2.43. The molecular weight excluding hydrogens is 202 g/mol. The van der Waals surface area contributed by atoms with Crippen LogP contribution in [0.2, 0.25) is 0 Å². The summed E-state index contributed by atoms with van der Waals surface area (Å²) in [5, 5.41) is 22.5. The molecule has 0 saturated carbocycles. The van der Waals surface area contributed by atoms with Gasteiger partial charge in [0.25, 0.3) is 0 Å². The van der Waals surface area contributed by atoms with Gasteiger partial charge in [0.05, 0.1) is 5.56 Å². The van der Waals surface area contributed by atoms with Crippen LogP contribution in [0.4, 0.5) is 0 Å². The molecule has 0 radical (unpaired) electrons. The zero-order chi connectivity index (χ0) is 12.1.